The normalized spacial score (nSPS) is 9.85. The first-order valence-corrected chi connectivity index (χ1v) is 6.14. The average Bonchev–Trinajstić information content (AvgIpc) is 2.48. The van der Waals surface area contributed by atoms with Crippen LogP contribution in [-0.4, -0.2) is 12.3 Å². The Morgan fingerprint density at radius 2 is 1.85 bits per heavy atom. The van der Waals surface area contributed by atoms with Crippen molar-refractivity contribution in [2.24, 2.45) is 0 Å². The molecule has 2 rings (SSSR count). The Kier molecular flexibility index (Phi) is 4.11. The van der Waals surface area contributed by atoms with Gasteiger partial charge in [-0.25, -0.2) is 4.79 Å². The van der Waals surface area contributed by atoms with Crippen LogP contribution >= 0.6 is 0 Å². The minimum atomic E-state index is -0.509. The molecule has 0 amide bonds. The number of ether oxygens (including phenoxy) is 1. The van der Waals surface area contributed by atoms with Crippen LogP contribution in [0.3, 0.4) is 0 Å². The van der Waals surface area contributed by atoms with Crippen molar-refractivity contribution in [1.82, 2.24) is 0 Å². The summed E-state index contributed by atoms with van der Waals surface area (Å²) in [6.45, 7) is 5.13. The fourth-order valence-corrected chi connectivity index (χ4v) is 1.74. The molecule has 0 radical (unpaired) electrons. The lowest BCUT2D eigenvalue weighted by molar-refractivity contribution is -0.130. The van der Waals surface area contributed by atoms with Crippen molar-refractivity contribution in [3.05, 3.63) is 66.2 Å². The lowest BCUT2D eigenvalue weighted by Crippen LogP contribution is -2.09. The molecule has 0 bridgehead atoms. The van der Waals surface area contributed by atoms with Crippen molar-refractivity contribution in [2.75, 3.05) is 0 Å². The third-order valence-corrected chi connectivity index (χ3v) is 2.78. The van der Waals surface area contributed by atoms with E-state index in [0.29, 0.717) is 23.2 Å². The fourth-order valence-electron chi connectivity index (χ4n) is 1.74. The topological polar surface area (TPSA) is 43.4 Å². The van der Waals surface area contributed by atoms with E-state index in [1.54, 1.807) is 25.1 Å². The Morgan fingerprint density at radius 3 is 2.45 bits per heavy atom. The molecule has 3 heteroatoms. The molecular formula is C17H14O3. The standard InChI is InChI=1S/C17H14O3/c1-12(2)17(19)20-16-10-13(11-18)8-9-15(16)14-6-4-3-5-7-14/h3-11H,1H2,2H3. The maximum atomic E-state index is 11.7. The van der Waals surface area contributed by atoms with Gasteiger partial charge in [0, 0.05) is 16.7 Å². The van der Waals surface area contributed by atoms with E-state index < -0.39 is 5.97 Å². The van der Waals surface area contributed by atoms with Crippen LogP contribution in [0.4, 0.5) is 0 Å². The van der Waals surface area contributed by atoms with Crippen LogP contribution in [-0.2, 0) is 4.79 Å². The van der Waals surface area contributed by atoms with Crippen LogP contribution in [0.1, 0.15) is 17.3 Å². The number of carbonyl (C=O) groups excluding carboxylic acids is 2. The molecule has 0 fully saturated rings. The quantitative estimate of drug-likeness (QED) is 0.367. The summed E-state index contributed by atoms with van der Waals surface area (Å²) in [5.41, 5.74) is 2.43. The van der Waals surface area contributed by atoms with Gasteiger partial charge in [-0.1, -0.05) is 43.0 Å². The van der Waals surface area contributed by atoms with Crippen LogP contribution in [0, 0.1) is 0 Å². The molecule has 0 aliphatic heterocycles. The average molecular weight is 266 g/mol. The van der Waals surface area contributed by atoms with E-state index >= 15 is 0 Å². The molecule has 0 aliphatic rings. The number of esters is 1. The van der Waals surface area contributed by atoms with Gasteiger partial charge in [0.05, 0.1) is 0 Å². The maximum absolute atomic E-state index is 11.7. The first kappa shape index (κ1) is 13.7. The summed E-state index contributed by atoms with van der Waals surface area (Å²) in [6.07, 6.45) is 0.715. The zero-order valence-corrected chi connectivity index (χ0v) is 11.1. The van der Waals surface area contributed by atoms with Gasteiger partial charge in [0.2, 0.25) is 0 Å². The molecule has 0 saturated carbocycles. The van der Waals surface area contributed by atoms with E-state index in [9.17, 15) is 9.59 Å². The van der Waals surface area contributed by atoms with Gasteiger partial charge in [-0.3, -0.25) is 4.79 Å². The van der Waals surface area contributed by atoms with Gasteiger partial charge in [-0.05, 0) is 24.6 Å². The van der Waals surface area contributed by atoms with Crippen molar-refractivity contribution in [1.29, 1.82) is 0 Å². The van der Waals surface area contributed by atoms with E-state index in [1.807, 2.05) is 30.3 Å². The first-order valence-electron chi connectivity index (χ1n) is 6.14. The Morgan fingerprint density at radius 1 is 1.15 bits per heavy atom. The molecule has 20 heavy (non-hydrogen) atoms. The molecule has 0 atom stereocenters. The fraction of sp³-hybridized carbons (Fsp3) is 0.0588. The van der Waals surface area contributed by atoms with E-state index in [-0.39, 0.29) is 0 Å². The Labute approximate surface area is 117 Å². The Bertz CT molecular complexity index is 657. The SMILES string of the molecule is C=C(C)C(=O)Oc1cc(C=O)ccc1-c1ccccc1. The van der Waals surface area contributed by atoms with Gasteiger partial charge in [0.1, 0.15) is 12.0 Å². The number of benzene rings is 2. The third-order valence-electron chi connectivity index (χ3n) is 2.78. The highest BCUT2D eigenvalue weighted by Crippen LogP contribution is 2.31. The van der Waals surface area contributed by atoms with Crippen LogP contribution in [0.15, 0.2) is 60.7 Å². The highest BCUT2D eigenvalue weighted by atomic mass is 16.5. The highest BCUT2D eigenvalue weighted by Gasteiger charge is 2.12. The lowest BCUT2D eigenvalue weighted by Gasteiger charge is -2.11. The summed E-state index contributed by atoms with van der Waals surface area (Å²) in [5.74, 6) is -0.154. The molecule has 0 aromatic heterocycles. The lowest BCUT2D eigenvalue weighted by atomic mass is 10.0. The van der Waals surface area contributed by atoms with Gasteiger partial charge < -0.3 is 4.74 Å². The molecule has 0 heterocycles. The van der Waals surface area contributed by atoms with Gasteiger partial charge >= 0.3 is 5.97 Å². The molecule has 3 nitrogen and oxygen atoms in total. The Hall–Kier alpha value is -2.68. The number of carbonyl (C=O) groups is 2. The second-order valence-corrected chi connectivity index (χ2v) is 4.41. The van der Waals surface area contributed by atoms with Crippen LogP contribution in [0.5, 0.6) is 5.75 Å². The highest BCUT2D eigenvalue weighted by molar-refractivity contribution is 5.91. The van der Waals surface area contributed by atoms with E-state index in [1.165, 1.54) is 0 Å². The molecular weight excluding hydrogens is 252 g/mol. The van der Waals surface area contributed by atoms with Crippen LogP contribution in [0.2, 0.25) is 0 Å². The minimum absolute atomic E-state index is 0.306. The van der Waals surface area contributed by atoms with Crippen molar-refractivity contribution < 1.29 is 14.3 Å². The predicted molar refractivity (Wildman–Crippen MR) is 77.7 cm³/mol. The number of aldehydes is 1. The second-order valence-electron chi connectivity index (χ2n) is 4.41. The van der Waals surface area contributed by atoms with Gasteiger partial charge in [0.15, 0.2) is 0 Å². The summed E-state index contributed by atoms with van der Waals surface area (Å²) in [6, 6.07) is 14.5. The summed E-state index contributed by atoms with van der Waals surface area (Å²) in [7, 11) is 0. The molecule has 0 N–H and O–H groups in total. The smallest absolute Gasteiger partial charge is 0.338 e. The molecule has 0 aliphatic carbocycles. The molecule has 2 aromatic carbocycles. The number of rotatable bonds is 4. The van der Waals surface area contributed by atoms with E-state index in [2.05, 4.69) is 6.58 Å². The third kappa shape index (κ3) is 3.01. The summed E-state index contributed by atoms with van der Waals surface area (Å²) >= 11 is 0. The van der Waals surface area contributed by atoms with E-state index in [0.717, 1.165) is 11.1 Å². The van der Waals surface area contributed by atoms with E-state index in [4.69, 9.17) is 4.74 Å². The van der Waals surface area contributed by atoms with Crippen molar-refractivity contribution >= 4 is 12.3 Å². The zero-order chi connectivity index (χ0) is 14.5. The minimum Gasteiger partial charge on any atom is -0.423 e. The van der Waals surface area contributed by atoms with Crippen LogP contribution in [0.25, 0.3) is 11.1 Å². The second kappa shape index (κ2) is 5.97. The van der Waals surface area contributed by atoms with Gasteiger partial charge in [-0.2, -0.15) is 0 Å². The monoisotopic (exact) mass is 266 g/mol. The molecule has 0 spiro atoms. The number of hydrogen-bond acceptors (Lipinski definition) is 3. The molecule has 100 valence electrons. The summed E-state index contributed by atoms with van der Waals surface area (Å²) in [5, 5.41) is 0. The van der Waals surface area contributed by atoms with Gasteiger partial charge in [0.25, 0.3) is 0 Å². The first-order chi connectivity index (χ1) is 9.61. The van der Waals surface area contributed by atoms with Gasteiger partial charge in [-0.15, -0.1) is 0 Å². The van der Waals surface area contributed by atoms with Crippen molar-refractivity contribution in [2.45, 2.75) is 6.92 Å². The summed E-state index contributed by atoms with van der Waals surface area (Å²) < 4.78 is 5.31. The van der Waals surface area contributed by atoms with Crippen molar-refractivity contribution in [3.63, 3.8) is 0 Å². The number of hydrogen-bond donors (Lipinski definition) is 0. The molecule has 0 unspecified atom stereocenters. The van der Waals surface area contributed by atoms with Crippen LogP contribution < -0.4 is 4.74 Å². The summed E-state index contributed by atoms with van der Waals surface area (Å²) in [4.78, 5) is 22.6. The molecule has 0 saturated heterocycles. The Balaban J connectivity index is 2.48. The molecule has 2 aromatic rings. The largest absolute Gasteiger partial charge is 0.423 e. The maximum Gasteiger partial charge on any atom is 0.338 e. The predicted octanol–water partition coefficient (Wildman–Crippen LogP) is 3.65. The van der Waals surface area contributed by atoms with Crippen molar-refractivity contribution in [3.8, 4) is 16.9 Å². The zero-order valence-electron chi connectivity index (χ0n) is 11.1.